The fourth-order valence-electron chi connectivity index (χ4n) is 0.531. The smallest absolute Gasteiger partial charge is 0.183 e. The maximum Gasteiger partial charge on any atom is 0.183 e. The SMILES string of the molecule is C=CC(C#CC)OC(=C)N(C)C. The second-order valence-electron chi connectivity index (χ2n) is 2.46. The van der Waals surface area contributed by atoms with Crippen LogP contribution >= 0.6 is 0 Å². The molecule has 12 heavy (non-hydrogen) atoms. The first-order chi connectivity index (χ1) is 5.61. The van der Waals surface area contributed by atoms with Crippen LogP contribution in [0, 0.1) is 11.8 Å². The largest absolute Gasteiger partial charge is 0.459 e. The molecular weight excluding hydrogens is 150 g/mol. The molecule has 0 aromatic heterocycles. The van der Waals surface area contributed by atoms with E-state index in [0.29, 0.717) is 5.88 Å². The first-order valence-electron chi connectivity index (χ1n) is 3.69. The van der Waals surface area contributed by atoms with Gasteiger partial charge in [-0.25, -0.2) is 0 Å². The summed E-state index contributed by atoms with van der Waals surface area (Å²) >= 11 is 0. The van der Waals surface area contributed by atoms with E-state index in [4.69, 9.17) is 4.74 Å². The Kier molecular flexibility index (Phi) is 4.71. The second kappa shape index (κ2) is 5.31. The van der Waals surface area contributed by atoms with Crippen molar-refractivity contribution in [3.05, 3.63) is 25.1 Å². The van der Waals surface area contributed by atoms with E-state index in [9.17, 15) is 0 Å². The van der Waals surface area contributed by atoms with Crippen LogP contribution in [0.1, 0.15) is 6.92 Å². The van der Waals surface area contributed by atoms with Crippen LogP contribution in [-0.2, 0) is 4.74 Å². The van der Waals surface area contributed by atoms with Gasteiger partial charge in [0.15, 0.2) is 12.0 Å². The molecule has 0 rings (SSSR count). The first kappa shape index (κ1) is 10.6. The molecule has 0 aromatic rings. The molecule has 66 valence electrons. The zero-order valence-electron chi connectivity index (χ0n) is 7.92. The Morgan fingerprint density at radius 3 is 2.50 bits per heavy atom. The predicted octanol–water partition coefficient (Wildman–Crippen LogP) is 1.61. The predicted molar refractivity (Wildman–Crippen MR) is 51.3 cm³/mol. The summed E-state index contributed by atoms with van der Waals surface area (Å²) in [6.45, 7) is 9.08. The standard InChI is InChI=1S/C10H15NO/c1-6-8-10(7-2)12-9(3)11(4)5/h7,10H,2-3H2,1,4-5H3. The second-order valence-corrected chi connectivity index (χ2v) is 2.46. The van der Waals surface area contributed by atoms with Gasteiger partial charge < -0.3 is 9.64 Å². The summed E-state index contributed by atoms with van der Waals surface area (Å²) < 4.78 is 5.34. The van der Waals surface area contributed by atoms with Gasteiger partial charge in [0, 0.05) is 14.1 Å². The van der Waals surface area contributed by atoms with Gasteiger partial charge in [0.05, 0.1) is 0 Å². The fourth-order valence-corrected chi connectivity index (χ4v) is 0.531. The molecule has 0 saturated carbocycles. The molecule has 0 saturated heterocycles. The van der Waals surface area contributed by atoms with E-state index in [2.05, 4.69) is 25.0 Å². The van der Waals surface area contributed by atoms with E-state index in [0.717, 1.165) is 0 Å². The number of ether oxygens (including phenoxy) is 1. The summed E-state index contributed by atoms with van der Waals surface area (Å²) in [6.07, 6.45) is 1.38. The Hall–Kier alpha value is -1.36. The van der Waals surface area contributed by atoms with Crippen LogP contribution in [0.5, 0.6) is 0 Å². The maximum atomic E-state index is 5.34. The molecule has 0 radical (unpaired) electrons. The van der Waals surface area contributed by atoms with Crippen molar-refractivity contribution in [2.45, 2.75) is 13.0 Å². The number of hydrogen-bond acceptors (Lipinski definition) is 2. The minimum atomic E-state index is -0.259. The van der Waals surface area contributed by atoms with E-state index in [1.807, 2.05) is 14.1 Å². The molecular formula is C10H15NO. The van der Waals surface area contributed by atoms with Gasteiger partial charge in [-0.15, -0.1) is 5.92 Å². The highest BCUT2D eigenvalue weighted by molar-refractivity contribution is 5.11. The van der Waals surface area contributed by atoms with Crippen molar-refractivity contribution in [2.24, 2.45) is 0 Å². The Labute approximate surface area is 74.5 Å². The van der Waals surface area contributed by atoms with Gasteiger partial charge in [-0.3, -0.25) is 0 Å². The van der Waals surface area contributed by atoms with Crippen LogP contribution in [0.2, 0.25) is 0 Å². The number of nitrogens with zero attached hydrogens (tertiary/aromatic N) is 1. The third-order valence-electron chi connectivity index (χ3n) is 1.26. The lowest BCUT2D eigenvalue weighted by Crippen LogP contribution is -2.17. The van der Waals surface area contributed by atoms with Gasteiger partial charge in [0.1, 0.15) is 0 Å². The third-order valence-corrected chi connectivity index (χ3v) is 1.26. The topological polar surface area (TPSA) is 12.5 Å². The van der Waals surface area contributed by atoms with Gasteiger partial charge in [-0.05, 0) is 19.6 Å². The molecule has 1 unspecified atom stereocenters. The number of rotatable bonds is 4. The Morgan fingerprint density at radius 2 is 2.17 bits per heavy atom. The van der Waals surface area contributed by atoms with Crippen molar-refractivity contribution in [3.8, 4) is 11.8 Å². The summed E-state index contributed by atoms with van der Waals surface area (Å²) in [6, 6.07) is 0. The van der Waals surface area contributed by atoms with E-state index in [1.54, 1.807) is 17.9 Å². The zero-order valence-corrected chi connectivity index (χ0v) is 7.92. The molecule has 2 heteroatoms. The summed E-state index contributed by atoms with van der Waals surface area (Å²) in [5.41, 5.74) is 0. The van der Waals surface area contributed by atoms with Gasteiger partial charge >= 0.3 is 0 Å². The Balaban J connectivity index is 4.09. The average Bonchev–Trinajstić information content (AvgIpc) is 2.03. The molecule has 0 amide bonds. The van der Waals surface area contributed by atoms with Crippen molar-refractivity contribution < 1.29 is 4.74 Å². The van der Waals surface area contributed by atoms with E-state index in [-0.39, 0.29) is 6.10 Å². The van der Waals surface area contributed by atoms with Crippen molar-refractivity contribution in [1.82, 2.24) is 4.90 Å². The minimum Gasteiger partial charge on any atom is -0.459 e. The monoisotopic (exact) mass is 165 g/mol. The molecule has 0 heterocycles. The molecule has 2 nitrogen and oxygen atoms in total. The van der Waals surface area contributed by atoms with Crippen LogP contribution in [0.15, 0.2) is 25.1 Å². The van der Waals surface area contributed by atoms with Crippen molar-refractivity contribution in [2.75, 3.05) is 14.1 Å². The summed E-state index contributed by atoms with van der Waals surface area (Å²) in [4.78, 5) is 1.79. The molecule has 1 atom stereocenters. The van der Waals surface area contributed by atoms with Gasteiger partial charge in [-0.2, -0.15) is 0 Å². The van der Waals surface area contributed by atoms with Gasteiger partial charge in [-0.1, -0.05) is 12.5 Å². The van der Waals surface area contributed by atoms with Crippen LogP contribution in [0.25, 0.3) is 0 Å². The molecule has 0 aliphatic carbocycles. The normalized spacial score (nSPS) is 10.6. The highest BCUT2D eigenvalue weighted by Crippen LogP contribution is 2.02. The summed E-state index contributed by atoms with van der Waals surface area (Å²) in [7, 11) is 3.73. The Morgan fingerprint density at radius 1 is 1.58 bits per heavy atom. The van der Waals surface area contributed by atoms with E-state index >= 15 is 0 Å². The van der Waals surface area contributed by atoms with Crippen molar-refractivity contribution >= 4 is 0 Å². The minimum absolute atomic E-state index is 0.259. The molecule has 0 spiro atoms. The van der Waals surface area contributed by atoms with Crippen molar-refractivity contribution in [3.63, 3.8) is 0 Å². The lowest BCUT2D eigenvalue weighted by Gasteiger charge is -2.18. The molecule has 0 N–H and O–H groups in total. The quantitative estimate of drug-likeness (QED) is 0.356. The third kappa shape index (κ3) is 3.72. The van der Waals surface area contributed by atoms with Gasteiger partial charge in [0.2, 0.25) is 0 Å². The molecule has 0 fully saturated rings. The van der Waals surface area contributed by atoms with Crippen molar-refractivity contribution in [1.29, 1.82) is 0 Å². The molecule has 0 aliphatic rings. The van der Waals surface area contributed by atoms with E-state index in [1.165, 1.54) is 0 Å². The molecule has 0 aromatic carbocycles. The zero-order chi connectivity index (χ0) is 9.56. The molecule has 0 bridgehead atoms. The maximum absolute atomic E-state index is 5.34. The Bertz CT molecular complexity index is 220. The summed E-state index contributed by atoms with van der Waals surface area (Å²) in [5, 5.41) is 0. The average molecular weight is 165 g/mol. The number of hydrogen-bond donors (Lipinski definition) is 0. The lowest BCUT2D eigenvalue weighted by molar-refractivity contribution is 0.131. The van der Waals surface area contributed by atoms with Crippen LogP contribution in [0.3, 0.4) is 0 Å². The highest BCUT2D eigenvalue weighted by Gasteiger charge is 2.02. The summed E-state index contributed by atoms with van der Waals surface area (Å²) in [5.74, 6) is 6.18. The van der Waals surface area contributed by atoms with Gasteiger partial charge in [0.25, 0.3) is 0 Å². The van der Waals surface area contributed by atoms with Crippen LogP contribution < -0.4 is 0 Å². The van der Waals surface area contributed by atoms with Crippen LogP contribution in [0.4, 0.5) is 0 Å². The van der Waals surface area contributed by atoms with Crippen LogP contribution in [-0.4, -0.2) is 25.1 Å². The highest BCUT2D eigenvalue weighted by atomic mass is 16.5. The van der Waals surface area contributed by atoms with E-state index < -0.39 is 0 Å². The lowest BCUT2D eigenvalue weighted by atomic mass is 10.3. The first-order valence-corrected chi connectivity index (χ1v) is 3.69. The molecule has 0 aliphatic heterocycles. The fraction of sp³-hybridized carbons (Fsp3) is 0.400.